The van der Waals surface area contributed by atoms with Gasteiger partial charge in [-0.3, -0.25) is 24.2 Å². The minimum atomic E-state index is -1.42. The first-order valence-electron chi connectivity index (χ1n) is 11.4. The maximum Gasteiger partial charge on any atom is 0.326 e. The Morgan fingerprint density at radius 2 is 1.56 bits per heavy atom. The van der Waals surface area contributed by atoms with E-state index in [1.807, 2.05) is 0 Å². The predicted octanol–water partition coefficient (Wildman–Crippen LogP) is -4.84. The van der Waals surface area contributed by atoms with Gasteiger partial charge in [0.1, 0.15) is 18.1 Å². The number of aliphatic hydroxyl groups excluding tert-OH is 1. The van der Waals surface area contributed by atoms with E-state index in [1.54, 1.807) is 0 Å². The standard InChI is InChI=1S/C20H39N9O7/c1-11(27-17(33)12(22)5-4-8-25-20(23)24)16(32)29-14(10-30)18(34)26-9-15(31)28-13(19(35)36)6-2-3-7-21/h11-14,30H,2-10,21-22H2,1H3,(H,26,34)(H,27,33)(H,28,31)(H,29,32)(H,35,36)(H4,23,24,25)/t11-,12-,13-,14-/m0/s1. The van der Waals surface area contributed by atoms with E-state index >= 15 is 0 Å². The summed E-state index contributed by atoms with van der Waals surface area (Å²) in [5.41, 5.74) is 21.6. The third kappa shape index (κ3) is 14.0. The zero-order valence-electron chi connectivity index (χ0n) is 20.4. The highest BCUT2D eigenvalue weighted by atomic mass is 16.4. The number of carboxylic acids is 1. The van der Waals surface area contributed by atoms with Crippen molar-refractivity contribution in [3.63, 3.8) is 0 Å². The Hall–Kier alpha value is -3.50. The highest BCUT2D eigenvalue weighted by Gasteiger charge is 2.26. The number of guanidine groups is 1. The number of nitrogens with two attached hydrogens (primary N) is 4. The molecular weight excluding hydrogens is 478 g/mol. The van der Waals surface area contributed by atoms with Gasteiger partial charge in [-0.2, -0.15) is 0 Å². The van der Waals surface area contributed by atoms with Crippen LogP contribution in [-0.2, 0) is 24.0 Å². The van der Waals surface area contributed by atoms with Gasteiger partial charge in [0.15, 0.2) is 5.96 Å². The Bertz CT molecular complexity index is 775. The maximum absolute atomic E-state index is 12.3. The monoisotopic (exact) mass is 517 g/mol. The molecule has 206 valence electrons. The molecule has 0 aromatic rings. The summed E-state index contributed by atoms with van der Waals surface area (Å²) in [5.74, 6) is -4.34. The van der Waals surface area contributed by atoms with Gasteiger partial charge in [-0.25, -0.2) is 4.79 Å². The number of nitrogens with zero attached hydrogens (tertiary/aromatic N) is 1. The molecule has 0 bridgehead atoms. The first-order chi connectivity index (χ1) is 16.9. The van der Waals surface area contributed by atoms with Crippen molar-refractivity contribution >= 4 is 35.6 Å². The van der Waals surface area contributed by atoms with Crippen molar-refractivity contribution in [1.82, 2.24) is 21.3 Å². The van der Waals surface area contributed by atoms with Gasteiger partial charge >= 0.3 is 5.97 Å². The molecular formula is C20H39N9O7. The van der Waals surface area contributed by atoms with Crippen LogP contribution in [0, 0.1) is 0 Å². The fourth-order valence-electron chi connectivity index (χ4n) is 2.81. The number of carbonyl (C=O) groups excluding carboxylic acids is 4. The average molecular weight is 518 g/mol. The first-order valence-corrected chi connectivity index (χ1v) is 11.4. The third-order valence-corrected chi connectivity index (χ3v) is 4.88. The lowest BCUT2D eigenvalue weighted by atomic mass is 10.1. The molecule has 0 rings (SSSR count). The summed E-state index contributed by atoms with van der Waals surface area (Å²) in [5, 5.41) is 27.8. The molecule has 36 heavy (non-hydrogen) atoms. The second-order valence-corrected chi connectivity index (χ2v) is 7.99. The molecule has 0 spiro atoms. The number of hydrogen-bond donors (Lipinski definition) is 10. The van der Waals surface area contributed by atoms with Gasteiger partial charge in [0, 0.05) is 6.54 Å². The minimum Gasteiger partial charge on any atom is -0.480 e. The zero-order chi connectivity index (χ0) is 27.7. The molecule has 16 nitrogen and oxygen atoms in total. The second-order valence-electron chi connectivity index (χ2n) is 7.99. The van der Waals surface area contributed by atoms with E-state index in [0.717, 1.165) is 0 Å². The summed E-state index contributed by atoms with van der Waals surface area (Å²) in [4.78, 5) is 63.8. The largest absolute Gasteiger partial charge is 0.480 e. The first kappa shape index (κ1) is 32.5. The Morgan fingerprint density at radius 1 is 0.889 bits per heavy atom. The molecule has 4 atom stereocenters. The highest BCUT2D eigenvalue weighted by molar-refractivity contribution is 5.94. The molecule has 0 aliphatic rings. The Labute approximate surface area is 209 Å². The third-order valence-electron chi connectivity index (χ3n) is 4.88. The van der Waals surface area contributed by atoms with Gasteiger partial charge in [-0.15, -0.1) is 0 Å². The van der Waals surface area contributed by atoms with Crippen LogP contribution < -0.4 is 44.2 Å². The molecule has 16 heteroatoms. The summed E-state index contributed by atoms with van der Waals surface area (Å²) in [6.45, 7) is 0.667. The van der Waals surface area contributed by atoms with Crippen LogP contribution in [0.15, 0.2) is 4.99 Å². The Kier molecular flexibility index (Phi) is 16.1. The Balaban J connectivity index is 4.62. The highest BCUT2D eigenvalue weighted by Crippen LogP contribution is 2.01. The quantitative estimate of drug-likeness (QED) is 0.0467. The second kappa shape index (κ2) is 17.9. The van der Waals surface area contributed by atoms with Crippen molar-refractivity contribution in [3.8, 4) is 0 Å². The fourth-order valence-corrected chi connectivity index (χ4v) is 2.81. The molecule has 0 aromatic heterocycles. The van der Waals surface area contributed by atoms with Crippen molar-refractivity contribution in [2.24, 2.45) is 27.9 Å². The number of amides is 4. The number of carboxylic acid groups (broad SMARTS) is 1. The molecule has 4 amide bonds. The number of unbranched alkanes of at least 4 members (excludes halogenated alkanes) is 1. The SMILES string of the molecule is C[C@H](NC(=O)[C@@H](N)CCCN=C(N)N)C(=O)N[C@@H](CO)C(=O)NCC(=O)N[C@@H](CCCCN)C(=O)O. The van der Waals surface area contributed by atoms with Crippen molar-refractivity contribution in [2.75, 3.05) is 26.2 Å². The van der Waals surface area contributed by atoms with E-state index < -0.39 is 66.9 Å². The molecule has 0 heterocycles. The van der Waals surface area contributed by atoms with Gasteiger partial charge in [0.25, 0.3) is 0 Å². The fraction of sp³-hybridized carbons (Fsp3) is 0.700. The summed E-state index contributed by atoms with van der Waals surface area (Å²) in [6, 6.07) is -4.57. The van der Waals surface area contributed by atoms with Crippen LogP contribution in [0.25, 0.3) is 0 Å². The van der Waals surface area contributed by atoms with Gasteiger partial charge < -0.3 is 54.4 Å². The van der Waals surface area contributed by atoms with Gasteiger partial charge in [0.2, 0.25) is 23.6 Å². The van der Waals surface area contributed by atoms with Gasteiger partial charge in [0.05, 0.1) is 19.2 Å². The minimum absolute atomic E-state index is 0.0794. The zero-order valence-corrected chi connectivity index (χ0v) is 20.4. The maximum atomic E-state index is 12.3. The number of aliphatic imine (C=N–C) groups is 1. The predicted molar refractivity (Wildman–Crippen MR) is 130 cm³/mol. The molecule has 0 aliphatic carbocycles. The number of nitrogens with one attached hydrogen (secondary N) is 4. The molecule has 0 radical (unpaired) electrons. The van der Waals surface area contributed by atoms with Crippen molar-refractivity contribution in [2.45, 2.75) is 63.2 Å². The van der Waals surface area contributed by atoms with Crippen molar-refractivity contribution < 1.29 is 34.2 Å². The molecule has 0 saturated carbocycles. The lowest BCUT2D eigenvalue weighted by Crippen LogP contribution is -2.56. The van der Waals surface area contributed by atoms with Crippen LogP contribution >= 0.6 is 0 Å². The van der Waals surface area contributed by atoms with Crippen molar-refractivity contribution in [3.05, 3.63) is 0 Å². The lowest BCUT2D eigenvalue weighted by Gasteiger charge is -2.21. The lowest BCUT2D eigenvalue weighted by molar-refractivity contribution is -0.142. The summed E-state index contributed by atoms with van der Waals surface area (Å²) in [7, 11) is 0. The average Bonchev–Trinajstić information content (AvgIpc) is 2.82. The van der Waals surface area contributed by atoms with Crippen LogP contribution in [0.3, 0.4) is 0 Å². The summed E-state index contributed by atoms with van der Waals surface area (Å²) in [6.07, 6.45) is 1.96. The number of carbonyl (C=O) groups is 5. The van der Waals surface area contributed by atoms with E-state index in [2.05, 4.69) is 26.3 Å². The molecule has 0 fully saturated rings. The van der Waals surface area contributed by atoms with Crippen LogP contribution in [-0.4, -0.2) is 96.2 Å². The number of hydrogen-bond acceptors (Lipinski definition) is 9. The van der Waals surface area contributed by atoms with Crippen LogP contribution in [0.1, 0.15) is 39.0 Å². The van der Waals surface area contributed by atoms with Gasteiger partial charge in [-0.05, 0) is 45.6 Å². The van der Waals surface area contributed by atoms with E-state index in [1.165, 1.54) is 6.92 Å². The molecule has 0 saturated heterocycles. The topological polar surface area (TPSA) is 290 Å². The molecule has 14 N–H and O–H groups in total. The van der Waals surface area contributed by atoms with Crippen LogP contribution in [0.4, 0.5) is 0 Å². The number of aliphatic hydroxyl groups is 1. The van der Waals surface area contributed by atoms with E-state index in [9.17, 15) is 34.2 Å². The number of aliphatic carboxylic acids is 1. The smallest absolute Gasteiger partial charge is 0.326 e. The van der Waals surface area contributed by atoms with E-state index in [0.29, 0.717) is 25.8 Å². The number of rotatable bonds is 18. The molecule has 0 unspecified atom stereocenters. The van der Waals surface area contributed by atoms with E-state index in [4.69, 9.17) is 22.9 Å². The molecule has 0 aromatic carbocycles. The molecule has 0 aliphatic heterocycles. The Morgan fingerprint density at radius 3 is 2.11 bits per heavy atom. The van der Waals surface area contributed by atoms with Crippen LogP contribution in [0.2, 0.25) is 0 Å². The van der Waals surface area contributed by atoms with Crippen molar-refractivity contribution in [1.29, 1.82) is 0 Å². The van der Waals surface area contributed by atoms with Gasteiger partial charge in [-0.1, -0.05) is 0 Å². The summed E-state index contributed by atoms with van der Waals surface area (Å²) < 4.78 is 0. The van der Waals surface area contributed by atoms with E-state index in [-0.39, 0.29) is 25.3 Å². The summed E-state index contributed by atoms with van der Waals surface area (Å²) >= 11 is 0. The normalized spacial score (nSPS) is 13.9. The van der Waals surface area contributed by atoms with Crippen LogP contribution in [0.5, 0.6) is 0 Å².